The fraction of sp³-hybridized carbons (Fsp3) is 0.489. The van der Waals surface area contributed by atoms with E-state index in [4.69, 9.17) is 0 Å². The molecular formula is C47H56F4N4O4S2. The molecule has 0 radical (unpaired) electrons. The van der Waals surface area contributed by atoms with Gasteiger partial charge in [-0.15, -0.1) is 0 Å². The van der Waals surface area contributed by atoms with Crippen LogP contribution in [-0.2, 0) is 58.7 Å². The molecule has 8 rings (SSSR count). The highest BCUT2D eigenvalue weighted by atomic mass is 32.2. The van der Waals surface area contributed by atoms with Gasteiger partial charge < -0.3 is 10.6 Å². The van der Waals surface area contributed by atoms with Crippen LogP contribution >= 0.6 is 0 Å². The molecule has 0 amide bonds. The molecule has 0 saturated heterocycles. The van der Waals surface area contributed by atoms with Gasteiger partial charge in [0.2, 0.25) is 20.0 Å². The highest BCUT2D eigenvalue weighted by Crippen LogP contribution is 2.45. The maximum atomic E-state index is 16.2. The van der Waals surface area contributed by atoms with Crippen LogP contribution in [0.2, 0.25) is 0 Å². The summed E-state index contributed by atoms with van der Waals surface area (Å²) in [4.78, 5) is 0. The highest BCUT2D eigenvalue weighted by molar-refractivity contribution is 7.93. The van der Waals surface area contributed by atoms with Crippen LogP contribution in [0.4, 0.5) is 17.6 Å². The minimum Gasteiger partial charge on any atom is -0.319 e. The number of hydrogen-bond donors (Lipinski definition) is 3. The lowest BCUT2D eigenvalue weighted by Crippen LogP contribution is -2.51. The van der Waals surface area contributed by atoms with E-state index in [2.05, 4.69) is 15.4 Å². The Balaban J connectivity index is 1.05. The van der Waals surface area contributed by atoms with Crippen molar-refractivity contribution in [2.45, 2.75) is 81.5 Å². The van der Waals surface area contributed by atoms with Crippen LogP contribution in [0.5, 0.6) is 0 Å². The van der Waals surface area contributed by atoms with Crippen molar-refractivity contribution >= 4 is 20.0 Å². The van der Waals surface area contributed by atoms with Crippen LogP contribution in [0.3, 0.4) is 0 Å². The quantitative estimate of drug-likeness (QED) is 0.0818. The van der Waals surface area contributed by atoms with Crippen LogP contribution < -0.4 is 15.4 Å². The predicted molar refractivity (Wildman–Crippen MR) is 230 cm³/mol. The summed E-state index contributed by atoms with van der Waals surface area (Å²) in [6.45, 7) is 0.701. The number of fused-ring (bicyclic) bond motifs is 2. The average molecular weight is 881 g/mol. The molecule has 14 heteroatoms. The first kappa shape index (κ1) is 44.0. The third kappa shape index (κ3) is 10.1. The number of halogens is 4. The van der Waals surface area contributed by atoms with Gasteiger partial charge in [-0.25, -0.2) is 39.1 Å². The van der Waals surface area contributed by atoms with Crippen molar-refractivity contribution in [1.82, 2.24) is 19.7 Å². The Labute approximate surface area is 358 Å². The molecule has 4 aromatic carbocycles. The monoisotopic (exact) mass is 880 g/mol. The summed E-state index contributed by atoms with van der Waals surface area (Å²) in [7, 11) is -4.85. The molecule has 328 valence electrons. The molecule has 4 aliphatic rings. The van der Waals surface area contributed by atoms with E-state index in [0.29, 0.717) is 57.2 Å². The number of nitrogens with zero attached hydrogens (tertiary/aromatic N) is 1. The van der Waals surface area contributed by atoms with Crippen molar-refractivity contribution in [2.24, 2.45) is 23.7 Å². The SMILES string of the molecule is CNCC1Cc2cc(F)c(CCNS(=O)(=O)C(C3CC3)N(Cc3cc4c(cc3F)CC(CNC)C4Cc3cccc(F)c3)S(=O)(=O)CC3CC3)cc2C1Cc1cccc(F)c1. The molecule has 61 heavy (non-hydrogen) atoms. The summed E-state index contributed by atoms with van der Waals surface area (Å²) in [6, 6.07) is 19.4. The highest BCUT2D eigenvalue weighted by Gasteiger charge is 2.49. The molecule has 0 spiro atoms. The van der Waals surface area contributed by atoms with Crippen LogP contribution in [0.25, 0.3) is 0 Å². The largest absolute Gasteiger partial charge is 0.319 e. The Morgan fingerprint density at radius 2 is 1.21 bits per heavy atom. The van der Waals surface area contributed by atoms with Gasteiger partial charge in [0, 0.05) is 18.7 Å². The van der Waals surface area contributed by atoms with Gasteiger partial charge in [-0.3, -0.25) is 0 Å². The molecule has 0 heterocycles. The number of nitrogens with one attached hydrogen (secondary N) is 3. The van der Waals surface area contributed by atoms with E-state index < -0.39 is 49.5 Å². The standard InChI is InChI=1S/C47H56F4N4O4S2/c1-52-25-36-19-34-23-45(50)33(21-43(34)41(36)17-30-5-3-7-39(48)15-30)13-14-54-61(58,59)47(32-11-12-32)55(60(56,57)28-29-9-10-29)27-38-22-44-35(24-46(38)51)20-37(26-53-2)42(44)18-31-6-4-8-40(49)16-31/h3-8,15-16,21-24,29,32,36-37,41-42,47,52-54H,9-14,17-20,25-28H2,1-2H3. The molecule has 3 N–H and O–H groups in total. The van der Waals surface area contributed by atoms with E-state index >= 15 is 8.78 Å². The summed E-state index contributed by atoms with van der Waals surface area (Å²) in [5, 5.41) is 4.98. The summed E-state index contributed by atoms with van der Waals surface area (Å²) < 4.78 is 122. The third-order valence-electron chi connectivity index (χ3n) is 13.3. The molecule has 0 aromatic heterocycles. The van der Waals surface area contributed by atoms with E-state index in [1.165, 1.54) is 36.4 Å². The van der Waals surface area contributed by atoms with Crippen molar-refractivity contribution in [3.8, 4) is 0 Å². The Kier molecular flexibility index (Phi) is 13.1. The Morgan fingerprint density at radius 1 is 0.689 bits per heavy atom. The van der Waals surface area contributed by atoms with E-state index in [0.717, 1.165) is 50.5 Å². The lowest BCUT2D eigenvalue weighted by atomic mass is 9.86. The maximum Gasteiger partial charge on any atom is 0.229 e. The van der Waals surface area contributed by atoms with Crippen molar-refractivity contribution in [3.63, 3.8) is 0 Å². The Bertz CT molecular complexity index is 2460. The van der Waals surface area contributed by atoms with E-state index in [1.54, 1.807) is 18.2 Å². The van der Waals surface area contributed by atoms with Gasteiger partial charge in [-0.2, -0.15) is 4.31 Å². The van der Waals surface area contributed by atoms with Crippen molar-refractivity contribution < 1.29 is 34.4 Å². The first-order valence-electron chi connectivity index (χ1n) is 21.6. The normalized spacial score (nSPS) is 21.8. The molecule has 5 unspecified atom stereocenters. The van der Waals surface area contributed by atoms with Crippen molar-refractivity contribution in [2.75, 3.05) is 39.5 Å². The summed E-state index contributed by atoms with van der Waals surface area (Å²) in [5.74, 6) is -2.38. The lowest BCUT2D eigenvalue weighted by molar-refractivity contribution is 0.339. The van der Waals surface area contributed by atoms with Gasteiger partial charge in [-0.05, 0) is 196 Å². The smallest absolute Gasteiger partial charge is 0.229 e. The molecule has 2 saturated carbocycles. The Morgan fingerprint density at radius 3 is 1.70 bits per heavy atom. The Hall–Kier alpha value is -3.66. The minimum absolute atomic E-state index is 0.00445. The van der Waals surface area contributed by atoms with Gasteiger partial charge in [0.25, 0.3) is 0 Å². The first-order chi connectivity index (χ1) is 29.2. The second kappa shape index (κ2) is 18.2. The topological polar surface area (TPSA) is 108 Å². The fourth-order valence-electron chi connectivity index (χ4n) is 10.0. The van der Waals surface area contributed by atoms with Gasteiger partial charge >= 0.3 is 0 Å². The van der Waals surface area contributed by atoms with Crippen LogP contribution in [0.15, 0.2) is 72.8 Å². The second-order valence-corrected chi connectivity index (χ2v) is 21.7. The number of hydrogen-bond acceptors (Lipinski definition) is 6. The zero-order valence-electron chi connectivity index (χ0n) is 34.8. The molecule has 0 bridgehead atoms. The predicted octanol–water partition coefficient (Wildman–Crippen LogP) is 7.12. The van der Waals surface area contributed by atoms with E-state index in [9.17, 15) is 25.6 Å². The van der Waals surface area contributed by atoms with Crippen LogP contribution in [0, 0.1) is 46.9 Å². The maximum absolute atomic E-state index is 16.2. The molecule has 8 nitrogen and oxygen atoms in total. The third-order valence-corrected chi connectivity index (χ3v) is 17.3. The van der Waals surface area contributed by atoms with Crippen molar-refractivity contribution in [1.29, 1.82) is 0 Å². The summed E-state index contributed by atoms with van der Waals surface area (Å²) in [5.41, 5.74) is 5.57. The van der Waals surface area contributed by atoms with Crippen molar-refractivity contribution in [3.05, 3.63) is 141 Å². The van der Waals surface area contributed by atoms with Gasteiger partial charge in [0.15, 0.2) is 0 Å². The number of sulfonamides is 2. The number of rotatable bonds is 20. The van der Waals surface area contributed by atoms with Gasteiger partial charge in [-0.1, -0.05) is 36.4 Å². The van der Waals surface area contributed by atoms with Gasteiger partial charge in [0.05, 0.1) is 5.75 Å². The molecule has 4 aromatic rings. The minimum atomic E-state index is -4.37. The molecule has 2 fully saturated rings. The van der Waals surface area contributed by atoms with E-state index in [1.807, 2.05) is 32.3 Å². The number of benzene rings is 4. The molecule has 0 aliphatic heterocycles. The zero-order chi connectivity index (χ0) is 43.1. The summed E-state index contributed by atoms with van der Waals surface area (Å²) in [6.07, 6.45) is 4.77. The lowest BCUT2D eigenvalue weighted by Gasteiger charge is -2.31. The second-order valence-electron chi connectivity index (χ2n) is 17.9. The first-order valence-corrected chi connectivity index (χ1v) is 24.8. The molecule has 5 atom stereocenters. The molecular weight excluding hydrogens is 825 g/mol. The van der Waals surface area contributed by atoms with Gasteiger partial charge in [0.1, 0.15) is 28.6 Å². The zero-order valence-corrected chi connectivity index (χ0v) is 36.4. The van der Waals surface area contributed by atoms with E-state index in [-0.39, 0.29) is 65.5 Å². The van der Waals surface area contributed by atoms with Crippen LogP contribution in [0.1, 0.15) is 82.0 Å². The average Bonchev–Trinajstić information content (AvgIpc) is 4.14. The fourth-order valence-corrected chi connectivity index (χ4v) is 14.4. The molecule has 4 aliphatic carbocycles. The summed E-state index contributed by atoms with van der Waals surface area (Å²) >= 11 is 0. The van der Waals surface area contributed by atoms with Crippen LogP contribution in [-0.4, -0.2) is 66.0 Å².